The molecule has 0 radical (unpaired) electrons. The molecule has 0 bridgehead atoms. The first-order valence-electron chi connectivity index (χ1n) is 6.99. The number of hydrogen-bond donors (Lipinski definition) is 1. The van der Waals surface area contributed by atoms with Crippen molar-refractivity contribution in [2.75, 3.05) is 7.11 Å². The quantitative estimate of drug-likeness (QED) is 0.817. The molecular formula is C16H26O3. The predicted octanol–water partition coefficient (Wildman–Crippen LogP) is 3.71. The Balaban J connectivity index is 3.14. The SMILES string of the molecule is CCC(CC)(OC)C(O)c1ccccc1OC(C)C. The number of aliphatic hydroxyl groups excluding tert-OH is 1. The van der Waals surface area contributed by atoms with Gasteiger partial charge in [0.05, 0.1) is 11.7 Å². The number of hydrogen-bond acceptors (Lipinski definition) is 3. The van der Waals surface area contributed by atoms with E-state index in [9.17, 15) is 5.11 Å². The fraction of sp³-hybridized carbons (Fsp3) is 0.625. The van der Waals surface area contributed by atoms with Crippen LogP contribution < -0.4 is 4.74 Å². The van der Waals surface area contributed by atoms with Crippen molar-refractivity contribution in [3.8, 4) is 5.75 Å². The summed E-state index contributed by atoms with van der Waals surface area (Å²) in [6.07, 6.45) is 0.880. The zero-order valence-electron chi connectivity index (χ0n) is 12.6. The molecule has 0 saturated carbocycles. The van der Waals surface area contributed by atoms with E-state index in [0.29, 0.717) is 0 Å². The standard InChI is InChI=1S/C16H26O3/c1-6-16(7-2,18-5)15(17)13-10-8-9-11-14(13)19-12(3)4/h8-12,15,17H,6-7H2,1-5H3. The van der Waals surface area contributed by atoms with Crippen LogP contribution in [-0.4, -0.2) is 23.9 Å². The summed E-state index contributed by atoms with van der Waals surface area (Å²) in [6, 6.07) is 7.63. The van der Waals surface area contributed by atoms with E-state index in [1.54, 1.807) is 7.11 Å². The van der Waals surface area contributed by atoms with Crippen molar-refractivity contribution in [3.63, 3.8) is 0 Å². The highest BCUT2D eigenvalue weighted by molar-refractivity contribution is 5.36. The molecule has 0 saturated heterocycles. The van der Waals surface area contributed by atoms with E-state index in [4.69, 9.17) is 9.47 Å². The molecule has 1 aromatic carbocycles. The molecule has 0 amide bonds. The Labute approximate surface area is 116 Å². The third-order valence-electron chi connectivity index (χ3n) is 3.68. The van der Waals surface area contributed by atoms with E-state index in [1.807, 2.05) is 52.0 Å². The zero-order chi connectivity index (χ0) is 14.5. The summed E-state index contributed by atoms with van der Waals surface area (Å²) in [5.74, 6) is 0.730. The molecule has 108 valence electrons. The summed E-state index contributed by atoms with van der Waals surface area (Å²) in [7, 11) is 1.65. The van der Waals surface area contributed by atoms with E-state index in [1.165, 1.54) is 0 Å². The molecule has 0 aliphatic carbocycles. The minimum Gasteiger partial charge on any atom is -0.491 e. The maximum atomic E-state index is 10.7. The van der Waals surface area contributed by atoms with Gasteiger partial charge in [-0.3, -0.25) is 0 Å². The molecule has 0 heterocycles. The third-order valence-corrected chi connectivity index (χ3v) is 3.68. The maximum absolute atomic E-state index is 10.7. The van der Waals surface area contributed by atoms with Crippen molar-refractivity contribution in [1.29, 1.82) is 0 Å². The molecule has 3 nitrogen and oxygen atoms in total. The second kappa shape index (κ2) is 6.92. The van der Waals surface area contributed by atoms with Crippen LogP contribution in [0.1, 0.15) is 52.2 Å². The van der Waals surface area contributed by atoms with E-state index >= 15 is 0 Å². The first kappa shape index (κ1) is 16.0. The van der Waals surface area contributed by atoms with E-state index in [-0.39, 0.29) is 6.10 Å². The number of para-hydroxylation sites is 1. The molecule has 0 spiro atoms. The average molecular weight is 266 g/mol. The number of aliphatic hydroxyl groups is 1. The highest BCUT2D eigenvalue weighted by Crippen LogP contribution is 2.38. The topological polar surface area (TPSA) is 38.7 Å². The molecule has 0 aliphatic heterocycles. The van der Waals surface area contributed by atoms with Crippen LogP contribution in [-0.2, 0) is 4.74 Å². The molecular weight excluding hydrogens is 240 g/mol. The Hall–Kier alpha value is -1.06. The van der Waals surface area contributed by atoms with Crippen LogP contribution in [0.3, 0.4) is 0 Å². The summed E-state index contributed by atoms with van der Waals surface area (Å²) in [6.45, 7) is 8.02. The lowest BCUT2D eigenvalue weighted by Gasteiger charge is -2.36. The fourth-order valence-corrected chi connectivity index (χ4v) is 2.39. The van der Waals surface area contributed by atoms with Crippen LogP contribution in [0.25, 0.3) is 0 Å². The second-order valence-electron chi connectivity index (χ2n) is 5.08. The zero-order valence-corrected chi connectivity index (χ0v) is 12.6. The molecule has 1 atom stereocenters. The van der Waals surface area contributed by atoms with E-state index in [0.717, 1.165) is 24.2 Å². The highest BCUT2D eigenvalue weighted by Gasteiger charge is 2.37. The van der Waals surface area contributed by atoms with Crippen LogP contribution in [0.2, 0.25) is 0 Å². The van der Waals surface area contributed by atoms with Crippen LogP contribution >= 0.6 is 0 Å². The lowest BCUT2D eigenvalue weighted by molar-refractivity contribution is -0.110. The molecule has 1 aromatic rings. The van der Waals surface area contributed by atoms with Gasteiger partial charge in [-0.2, -0.15) is 0 Å². The smallest absolute Gasteiger partial charge is 0.125 e. The molecule has 1 rings (SSSR count). The lowest BCUT2D eigenvalue weighted by Crippen LogP contribution is -2.37. The Kier molecular flexibility index (Phi) is 5.83. The van der Waals surface area contributed by atoms with Crippen LogP contribution in [0.4, 0.5) is 0 Å². The lowest BCUT2D eigenvalue weighted by atomic mass is 9.85. The van der Waals surface area contributed by atoms with Gasteiger partial charge in [0.25, 0.3) is 0 Å². The van der Waals surface area contributed by atoms with Crippen LogP contribution in [0.5, 0.6) is 5.75 Å². The third kappa shape index (κ3) is 3.48. The summed E-state index contributed by atoms with van der Waals surface area (Å²) >= 11 is 0. The first-order chi connectivity index (χ1) is 9.00. The van der Waals surface area contributed by atoms with Gasteiger partial charge in [0.1, 0.15) is 11.9 Å². The monoisotopic (exact) mass is 266 g/mol. The van der Waals surface area contributed by atoms with E-state index in [2.05, 4.69) is 0 Å². The minimum absolute atomic E-state index is 0.0774. The highest BCUT2D eigenvalue weighted by atomic mass is 16.5. The molecule has 0 fully saturated rings. The van der Waals surface area contributed by atoms with Crippen molar-refractivity contribution in [1.82, 2.24) is 0 Å². The summed E-state index contributed by atoms with van der Waals surface area (Å²) in [4.78, 5) is 0. The van der Waals surface area contributed by atoms with Gasteiger partial charge in [-0.1, -0.05) is 32.0 Å². The van der Waals surface area contributed by atoms with Gasteiger partial charge in [0.15, 0.2) is 0 Å². The number of methoxy groups -OCH3 is 1. The Morgan fingerprint density at radius 3 is 2.21 bits per heavy atom. The van der Waals surface area contributed by atoms with Gasteiger partial charge in [0, 0.05) is 12.7 Å². The van der Waals surface area contributed by atoms with Crippen molar-refractivity contribution in [2.45, 2.75) is 58.3 Å². The maximum Gasteiger partial charge on any atom is 0.125 e. The number of ether oxygens (including phenoxy) is 2. The van der Waals surface area contributed by atoms with Crippen molar-refractivity contribution >= 4 is 0 Å². The van der Waals surface area contributed by atoms with Gasteiger partial charge < -0.3 is 14.6 Å². The fourth-order valence-electron chi connectivity index (χ4n) is 2.39. The van der Waals surface area contributed by atoms with Gasteiger partial charge >= 0.3 is 0 Å². The molecule has 3 heteroatoms. The van der Waals surface area contributed by atoms with Crippen LogP contribution in [0, 0.1) is 0 Å². The number of benzene rings is 1. The van der Waals surface area contributed by atoms with Crippen LogP contribution in [0.15, 0.2) is 24.3 Å². The molecule has 0 aliphatic rings. The van der Waals surface area contributed by atoms with Crippen molar-refractivity contribution in [3.05, 3.63) is 29.8 Å². The normalized spacial score (nSPS) is 13.6. The van der Waals surface area contributed by atoms with Gasteiger partial charge in [-0.25, -0.2) is 0 Å². The van der Waals surface area contributed by atoms with Crippen molar-refractivity contribution in [2.24, 2.45) is 0 Å². The van der Waals surface area contributed by atoms with Gasteiger partial charge in [0.2, 0.25) is 0 Å². The van der Waals surface area contributed by atoms with Gasteiger partial charge in [-0.05, 0) is 32.8 Å². The van der Waals surface area contributed by atoms with Gasteiger partial charge in [-0.15, -0.1) is 0 Å². The Morgan fingerprint density at radius 2 is 1.74 bits per heavy atom. The Morgan fingerprint density at radius 1 is 1.16 bits per heavy atom. The molecule has 1 N–H and O–H groups in total. The summed E-state index contributed by atoms with van der Waals surface area (Å²) < 4.78 is 11.4. The molecule has 19 heavy (non-hydrogen) atoms. The Bertz CT molecular complexity index is 375. The van der Waals surface area contributed by atoms with Crippen molar-refractivity contribution < 1.29 is 14.6 Å². The first-order valence-corrected chi connectivity index (χ1v) is 6.99. The number of rotatable bonds is 7. The average Bonchev–Trinajstić information content (AvgIpc) is 2.41. The largest absolute Gasteiger partial charge is 0.491 e. The predicted molar refractivity (Wildman–Crippen MR) is 77.5 cm³/mol. The van der Waals surface area contributed by atoms with E-state index < -0.39 is 11.7 Å². The summed E-state index contributed by atoms with van der Waals surface area (Å²) in [5.41, 5.74) is 0.234. The second-order valence-corrected chi connectivity index (χ2v) is 5.08. The summed E-state index contributed by atoms with van der Waals surface area (Å²) in [5, 5.41) is 10.7. The molecule has 1 unspecified atom stereocenters. The molecule has 0 aromatic heterocycles. The minimum atomic E-state index is -0.692.